The highest BCUT2D eigenvalue weighted by atomic mass is 19.1. The zero-order chi connectivity index (χ0) is 17.9. The number of hydrogen-bond acceptors (Lipinski definition) is 4. The summed E-state index contributed by atoms with van der Waals surface area (Å²) in [5.74, 6) is 0.894. The monoisotopic (exact) mass is 353 g/mol. The molecule has 1 aliphatic rings. The lowest BCUT2D eigenvalue weighted by Gasteiger charge is -2.05. The van der Waals surface area contributed by atoms with Crippen molar-refractivity contribution in [3.63, 3.8) is 0 Å². The first-order chi connectivity index (χ1) is 12.7. The molecule has 0 saturated heterocycles. The van der Waals surface area contributed by atoms with Crippen molar-refractivity contribution in [2.75, 3.05) is 13.3 Å². The van der Waals surface area contributed by atoms with Crippen LogP contribution in [0.4, 0.5) is 4.39 Å². The number of halogens is 1. The molecule has 6 nitrogen and oxygen atoms in total. The van der Waals surface area contributed by atoms with Crippen molar-refractivity contribution in [2.45, 2.75) is 6.42 Å². The smallest absolute Gasteiger partial charge is 0.271 e. The molecule has 1 amide bonds. The predicted octanol–water partition coefficient (Wildman–Crippen LogP) is 2.71. The van der Waals surface area contributed by atoms with Gasteiger partial charge in [-0.3, -0.25) is 4.79 Å². The highest BCUT2D eigenvalue weighted by molar-refractivity contribution is 5.92. The number of benzene rings is 2. The SMILES string of the molecule is O=C(NCCc1ccc2c(c1)OCO2)c1ccn(-c2ccc(F)cc2)n1. The Morgan fingerprint density at radius 1 is 1.12 bits per heavy atom. The molecule has 1 aliphatic heterocycles. The molecule has 1 N–H and O–H groups in total. The van der Waals surface area contributed by atoms with Crippen molar-refractivity contribution in [1.82, 2.24) is 15.1 Å². The van der Waals surface area contributed by atoms with E-state index in [2.05, 4.69) is 10.4 Å². The summed E-state index contributed by atoms with van der Waals surface area (Å²) in [5.41, 5.74) is 2.04. The molecule has 0 fully saturated rings. The Kier molecular flexibility index (Phi) is 4.27. The minimum Gasteiger partial charge on any atom is -0.454 e. The summed E-state index contributed by atoms with van der Waals surface area (Å²) in [4.78, 5) is 12.2. The van der Waals surface area contributed by atoms with E-state index in [9.17, 15) is 9.18 Å². The largest absolute Gasteiger partial charge is 0.454 e. The Hall–Kier alpha value is -3.35. The van der Waals surface area contributed by atoms with Gasteiger partial charge in [-0.1, -0.05) is 6.07 Å². The van der Waals surface area contributed by atoms with E-state index in [0.717, 1.165) is 17.1 Å². The van der Waals surface area contributed by atoms with Crippen LogP contribution in [0.2, 0.25) is 0 Å². The minimum atomic E-state index is -0.317. The number of hydrogen-bond donors (Lipinski definition) is 1. The van der Waals surface area contributed by atoms with Gasteiger partial charge in [-0.25, -0.2) is 9.07 Å². The van der Waals surface area contributed by atoms with E-state index in [1.807, 2.05) is 18.2 Å². The zero-order valence-corrected chi connectivity index (χ0v) is 13.8. The molecular formula is C19H16FN3O3. The molecule has 2 aromatic carbocycles. The second-order valence-corrected chi connectivity index (χ2v) is 5.82. The first kappa shape index (κ1) is 16.1. The number of nitrogens with zero attached hydrogens (tertiary/aromatic N) is 2. The maximum Gasteiger partial charge on any atom is 0.271 e. The van der Waals surface area contributed by atoms with Crippen molar-refractivity contribution in [1.29, 1.82) is 0 Å². The fourth-order valence-electron chi connectivity index (χ4n) is 2.69. The lowest BCUT2D eigenvalue weighted by Crippen LogP contribution is -2.26. The third-order valence-electron chi connectivity index (χ3n) is 4.05. The number of carbonyl (C=O) groups excluding carboxylic acids is 1. The maximum absolute atomic E-state index is 13.0. The molecule has 7 heteroatoms. The Labute approximate surface area is 149 Å². The number of nitrogens with one attached hydrogen (secondary N) is 1. The van der Waals surface area contributed by atoms with Gasteiger partial charge in [0.25, 0.3) is 5.91 Å². The molecule has 0 bridgehead atoms. The Morgan fingerprint density at radius 2 is 1.92 bits per heavy atom. The fourth-order valence-corrected chi connectivity index (χ4v) is 2.69. The average molecular weight is 353 g/mol. The number of carbonyl (C=O) groups is 1. The summed E-state index contributed by atoms with van der Waals surface area (Å²) in [6, 6.07) is 13.3. The van der Waals surface area contributed by atoms with Gasteiger partial charge in [-0.2, -0.15) is 5.10 Å². The summed E-state index contributed by atoms with van der Waals surface area (Å²) < 4.78 is 25.1. The van der Waals surface area contributed by atoms with Crippen molar-refractivity contribution in [3.8, 4) is 17.2 Å². The zero-order valence-electron chi connectivity index (χ0n) is 13.8. The molecular weight excluding hydrogens is 337 g/mol. The third kappa shape index (κ3) is 3.37. The van der Waals surface area contributed by atoms with Crippen LogP contribution in [0.3, 0.4) is 0 Å². The molecule has 0 saturated carbocycles. The lowest BCUT2D eigenvalue weighted by molar-refractivity contribution is 0.0948. The Morgan fingerprint density at radius 3 is 2.77 bits per heavy atom. The topological polar surface area (TPSA) is 65.4 Å². The van der Waals surface area contributed by atoms with Crippen molar-refractivity contribution >= 4 is 5.91 Å². The predicted molar refractivity (Wildman–Crippen MR) is 92.1 cm³/mol. The number of aromatic nitrogens is 2. The van der Waals surface area contributed by atoms with Gasteiger partial charge >= 0.3 is 0 Å². The van der Waals surface area contributed by atoms with E-state index in [4.69, 9.17) is 9.47 Å². The summed E-state index contributed by atoms with van der Waals surface area (Å²) >= 11 is 0. The fraction of sp³-hybridized carbons (Fsp3) is 0.158. The van der Waals surface area contributed by atoms with E-state index >= 15 is 0 Å². The van der Waals surface area contributed by atoms with E-state index in [0.29, 0.717) is 24.3 Å². The number of fused-ring (bicyclic) bond motifs is 1. The molecule has 132 valence electrons. The first-order valence-corrected chi connectivity index (χ1v) is 8.17. The molecule has 3 aromatic rings. The van der Waals surface area contributed by atoms with Gasteiger partial charge in [0.2, 0.25) is 6.79 Å². The molecule has 0 unspecified atom stereocenters. The molecule has 0 aliphatic carbocycles. The number of amides is 1. The first-order valence-electron chi connectivity index (χ1n) is 8.17. The van der Waals surface area contributed by atoms with Crippen LogP contribution in [-0.2, 0) is 6.42 Å². The number of rotatable bonds is 5. The van der Waals surface area contributed by atoms with Gasteiger partial charge in [-0.05, 0) is 54.4 Å². The van der Waals surface area contributed by atoms with Gasteiger partial charge in [0, 0.05) is 12.7 Å². The third-order valence-corrected chi connectivity index (χ3v) is 4.05. The van der Waals surface area contributed by atoms with Crippen LogP contribution in [0, 0.1) is 5.82 Å². The van der Waals surface area contributed by atoms with Crippen LogP contribution in [0.5, 0.6) is 11.5 Å². The maximum atomic E-state index is 13.0. The molecule has 2 heterocycles. The molecule has 1 aromatic heterocycles. The van der Waals surface area contributed by atoms with Crippen LogP contribution >= 0.6 is 0 Å². The molecule has 0 spiro atoms. The molecule has 0 radical (unpaired) electrons. The normalized spacial score (nSPS) is 12.2. The lowest BCUT2D eigenvalue weighted by atomic mass is 10.1. The van der Waals surface area contributed by atoms with Crippen LogP contribution < -0.4 is 14.8 Å². The van der Waals surface area contributed by atoms with Crippen molar-refractivity contribution in [3.05, 3.63) is 71.8 Å². The van der Waals surface area contributed by atoms with Crippen LogP contribution in [0.1, 0.15) is 16.1 Å². The Bertz CT molecular complexity index is 937. The standard InChI is InChI=1S/C19H16FN3O3/c20-14-2-4-15(5-3-14)23-10-8-16(22-23)19(24)21-9-7-13-1-6-17-18(11-13)26-12-25-17/h1-6,8,10-11H,7,9,12H2,(H,21,24). The highest BCUT2D eigenvalue weighted by Crippen LogP contribution is 2.32. The van der Waals surface area contributed by atoms with Crippen molar-refractivity contribution in [2.24, 2.45) is 0 Å². The van der Waals surface area contributed by atoms with Crippen molar-refractivity contribution < 1.29 is 18.7 Å². The van der Waals surface area contributed by atoms with Crippen LogP contribution in [-0.4, -0.2) is 29.0 Å². The summed E-state index contributed by atoms with van der Waals surface area (Å²) in [6.07, 6.45) is 2.33. The van der Waals surface area contributed by atoms with Crippen LogP contribution in [0.25, 0.3) is 5.69 Å². The number of ether oxygens (including phenoxy) is 2. The second-order valence-electron chi connectivity index (χ2n) is 5.82. The highest BCUT2D eigenvalue weighted by Gasteiger charge is 2.14. The van der Waals surface area contributed by atoms with Gasteiger partial charge in [-0.15, -0.1) is 0 Å². The van der Waals surface area contributed by atoms with E-state index < -0.39 is 0 Å². The molecule has 4 rings (SSSR count). The van der Waals surface area contributed by atoms with E-state index in [1.54, 1.807) is 24.4 Å². The quantitative estimate of drug-likeness (QED) is 0.766. The van der Waals surface area contributed by atoms with E-state index in [1.165, 1.54) is 16.8 Å². The Balaban J connectivity index is 1.34. The molecule has 0 atom stereocenters. The van der Waals surface area contributed by atoms with Gasteiger partial charge < -0.3 is 14.8 Å². The average Bonchev–Trinajstić information content (AvgIpc) is 3.31. The molecule has 26 heavy (non-hydrogen) atoms. The van der Waals surface area contributed by atoms with Gasteiger partial charge in [0.05, 0.1) is 5.69 Å². The summed E-state index contributed by atoms with van der Waals surface area (Å²) in [6.45, 7) is 0.716. The summed E-state index contributed by atoms with van der Waals surface area (Å²) in [7, 11) is 0. The van der Waals surface area contributed by atoms with Crippen LogP contribution in [0.15, 0.2) is 54.7 Å². The second kappa shape index (κ2) is 6.87. The minimum absolute atomic E-state index is 0.242. The van der Waals surface area contributed by atoms with E-state index in [-0.39, 0.29) is 18.5 Å². The summed E-state index contributed by atoms with van der Waals surface area (Å²) in [5, 5.41) is 7.07. The van der Waals surface area contributed by atoms with Gasteiger partial charge in [0.15, 0.2) is 17.2 Å². The van der Waals surface area contributed by atoms with Gasteiger partial charge in [0.1, 0.15) is 5.82 Å².